The molecule has 0 unspecified atom stereocenters. The second-order valence-electron chi connectivity index (χ2n) is 9.60. The van der Waals surface area contributed by atoms with Gasteiger partial charge in [0, 0.05) is 29.5 Å². The molecule has 0 atom stereocenters. The zero-order valence-corrected chi connectivity index (χ0v) is 19.1. The van der Waals surface area contributed by atoms with E-state index < -0.39 is 5.92 Å². The lowest BCUT2D eigenvalue weighted by atomic mass is 9.90. The van der Waals surface area contributed by atoms with Gasteiger partial charge in [-0.15, -0.1) is 0 Å². The minimum atomic E-state index is -2.63. The summed E-state index contributed by atoms with van der Waals surface area (Å²) in [5.41, 5.74) is 8.40. The van der Waals surface area contributed by atoms with Gasteiger partial charge in [0.15, 0.2) is 0 Å². The summed E-state index contributed by atoms with van der Waals surface area (Å²) in [4.78, 5) is 4.89. The van der Waals surface area contributed by atoms with Gasteiger partial charge in [0.2, 0.25) is 0 Å². The number of nitrogens with one attached hydrogen (secondary N) is 1. The van der Waals surface area contributed by atoms with Gasteiger partial charge >= 0.3 is 0 Å². The van der Waals surface area contributed by atoms with Crippen LogP contribution in [0, 0.1) is 6.92 Å². The molecule has 0 spiro atoms. The molecule has 0 saturated heterocycles. The van der Waals surface area contributed by atoms with Crippen molar-refractivity contribution in [1.29, 1.82) is 0 Å². The number of nitrogens with zero attached hydrogens (tertiary/aromatic N) is 1. The lowest BCUT2D eigenvalue weighted by Gasteiger charge is -2.22. The lowest BCUT2D eigenvalue weighted by molar-refractivity contribution is 0.0130. The standard InChI is InChI=1S/C29H28F2N2/c1-18(2)21-6-5-7-22(14-21)27-19(3)8-11-26(33-27)32-20(4)28(12-13-28)25-10-9-23-16-29(30,31)17-24(23)15-25/h5-11,14-15H,1,4,12-13,16-17H2,2-3H3,(H,32,33). The van der Waals surface area contributed by atoms with Crippen molar-refractivity contribution < 1.29 is 8.78 Å². The van der Waals surface area contributed by atoms with Gasteiger partial charge in [0.1, 0.15) is 5.82 Å². The lowest BCUT2D eigenvalue weighted by Crippen LogP contribution is -2.17. The molecule has 2 aliphatic carbocycles. The van der Waals surface area contributed by atoms with Gasteiger partial charge in [-0.3, -0.25) is 0 Å². The van der Waals surface area contributed by atoms with Crippen LogP contribution in [0.5, 0.6) is 0 Å². The second kappa shape index (κ2) is 7.65. The van der Waals surface area contributed by atoms with Crippen LogP contribution in [0.1, 0.15) is 47.6 Å². The number of aromatic nitrogens is 1. The molecule has 2 aromatic carbocycles. The van der Waals surface area contributed by atoms with E-state index in [1.165, 1.54) is 0 Å². The monoisotopic (exact) mass is 442 g/mol. The van der Waals surface area contributed by atoms with E-state index in [2.05, 4.69) is 49.7 Å². The topological polar surface area (TPSA) is 24.9 Å². The predicted octanol–water partition coefficient (Wildman–Crippen LogP) is 7.48. The highest BCUT2D eigenvalue weighted by Gasteiger charge is 2.48. The number of rotatable bonds is 6. The first-order valence-electron chi connectivity index (χ1n) is 11.4. The van der Waals surface area contributed by atoms with Crippen molar-refractivity contribution in [3.63, 3.8) is 0 Å². The average Bonchev–Trinajstić information content (AvgIpc) is 3.52. The van der Waals surface area contributed by atoms with Crippen LogP contribution in [0.25, 0.3) is 16.8 Å². The molecular formula is C29H28F2N2. The third-order valence-corrected chi connectivity index (χ3v) is 6.99. The van der Waals surface area contributed by atoms with Gasteiger partial charge in [-0.05, 0) is 66.6 Å². The molecule has 0 amide bonds. The minimum absolute atomic E-state index is 0.155. The fourth-order valence-electron chi connectivity index (χ4n) is 4.87. The summed E-state index contributed by atoms with van der Waals surface area (Å²) in [7, 11) is 0. The highest BCUT2D eigenvalue weighted by atomic mass is 19.3. The number of pyridine rings is 1. The molecule has 1 heterocycles. The number of hydrogen-bond donors (Lipinski definition) is 1. The molecule has 1 aromatic heterocycles. The highest BCUT2D eigenvalue weighted by molar-refractivity contribution is 5.71. The van der Waals surface area contributed by atoms with Crippen molar-refractivity contribution in [2.45, 2.75) is 50.9 Å². The van der Waals surface area contributed by atoms with E-state index in [1.54, 1.807) is 0 Å². The molecule has 2 aliphatic rings. The number of hydrogen-bond acceptors (Lipinski definition) is 2. The van der Waals surface area contributed by atoms with E-state index in [1.807, 2.05) is 37.3 Å². The molecule has 3 aromatic rings. The van der Waals surface area contributed by atoms with Gasteiger partial charge in [0.05, 0.1) is 5.69 Å². The van der Waals surface area contributed by atoms with Gasteiger partial charge in [-0.25, -0.2) is 13.8 Å². The van der Waals surface area contributed by atoms with Crippen molar-refractivity contribution in [3.05, 3.63) is 101 Å². The third kappa shape index (κ3) is 3.99. The molecule has 1 saturated carbocycles. The van der Waals surface area contributed by atoms with Crippen LogP contribution in [0.3, 0.4) is 0 Å². The summed E-state index contributed by atoms with van der Waals surface area (Å²) in [5, 5.41) is 3.43. The number of alkyl halides is 2. The largest absolute Gasteiger partial charge is 0.343 e. The Morgan fingerprint density at radius 2 is 1.73 bits per heavy atom. The van der Waals surface area contributed by atoms with Crippen LogP contribution in [0.15, 0.2) is 73.5 Å². The number of anilines is 1. The van der Waals surface area contributed by atoms with E-state index in [9.17, 15) is 8.78 Å². The van der Waals surface area contributed by atoms with Crippen LogP contribution in [0.4, 0.5) is 14.6 Å². The smallest absolute Gasteiger partial charge is 0.256 e. The summed E-state index contributed by atoms with van der Waals surface area (Å²) in [6.45, 7) is 12.4. The van der Waals surface area contributed by atoms with Crippen LogP contribution in [-0.2, 0) is 18.3 Å². The molecule has 4 heteroatoms. The summed E-state index contributed by atoms with van der Waals surface area (Å²) >= 11 is 0. The number of fused-ring (bicyclic) bond motifs is 1. The first-order chi connectivity index (χ1) is 15.7. The quantitative estimate of drug-likeness (QED) is 0.428. The summed E-state index contributed by atoms with van der Waals surface area (Å²) in [6, 6.07) is 18.1. The Labute approximate surface area is 194 Å². The maximum absolute atomic E-state index is 13.9. The Hall–Kier alpha value is -3.27. The Bertz CT molecular complexity index is 1280. The summed E-state index contributed by atoms with van der Waals surface area (Å²) < 4.78 is 27.7. The molecular weight excluding hydrogens is 414 g/mol. The van der Waals surface area contributed by atoms with E-state index >= 15 is 0 Å². The second-order valence-corrected chi connectivity index (χ2v) is 9.60. The number of aryl methyl sites for hydroxylation is 1. The first-order valence-corrected chi connectivity index (χ1v) is 11.4. The van der Waals surface area contributed by atoms with Crippen LogP contribution in [-0.4, -0.2) is 10.9 Å². The Morgan fingerprint density at radius 3 is 2.45 bits per heavy atom. The molecule has 2 nitrogen and oxygen atoms in total. The fourth-order valence-corrected chi connectivity index (χ4v) is 4.87. The predicted molar refractivity (Wildman–Crippen MR) is 132 cm³/mol. The molecule has 168 valence electrons. The van der Waals surface area contributed by atoms with Crippen molar-refractivity contribution >= 4 is 11.4 Å². The molecule has 0 aliphatic heterocycles. The molecule has 1 N–H and O–H groups in total. The molecule has 33 heavy (non-hydrogen) atoms. The summed E-state index contributed by atoms with van der Waals surface area (Å²) in [6.07, 6.45) is 1.58. The van der Waals surface area contributed by atoms with E-state index in [-0.39, 0.29) is 18.3 Å². The van der Waals surface area contributed by atoms with E-state index in [0.29, 0.717) is 0 Å². The Balaban J connectivity index is 1.40. The Kier molecular flexibility index (Phi) is 5.00. The fraction of sp³-hybridized carbons (Fsp3) is 0.276. The van der Waals surface area contributed by atoms with Crippen molar-refractivity contribution in [1.82, 2.24) is 4.98 Å². The molecule has 0 bridgehead atoms. The number of benzene rings is 2. The van der Waals surface area contributed by atoms with Crippen LogP contribution in [0.2, 0.25) is 0 Å². The van der Waals surface area contributed by atoms with Crippen LogP contribution < -0.4 is 5.32 Å². The Morgan fingerprint density at radius 1 is 0.970 bits per heavy atom. The SMILES string of the molecule is C=C(C)c1cccc(-c2nc(NC(=C)C3(c4ccc5c(c4)CC(F)(F)C5)CC3)ccc2C)c1. The van der Waals surface area contributed by atoms with Gasteiger partial charge < -0.3 is 5.32 Å². The first kappa shape index (κ1) is 21.6. The highest BCUT2D eigenvalue weighted by Crippen LogP contribution is 2.54. The zero-order valence-electron chi connectivity index (χ0n) is 19.1. The molecule has 5 rings (SSSR count). The van der Waals surface area contributed by atoms with Gasteiger partial charge in [-0.1, -0.05) is 61.2 Å². The van der Waals surface area contributed by atoms with E-state index in [4.69, 9.17) is 4.98 Å². The maximum Gasteiger partial charge on any atom is 0.256 e. The van der Waals surface area contributed by atoms with Gasteiger partial charge in [-0.2, -0.15) is 0 Å². The normalized spacial score (nSPS) is 17.3. The van der Waals surface area contributed by atoms with Crippen LogP contribution >= 0.6 is 0 Å². The average molecular weight is 443 g/mol. The maximum atomic E-state index is 13.9. The summed E-state index contributed by atoms with van der Waals surface area (Å²) in [5.74, 6) is -1.89. The van der Waals surface area contributed by atoms with Gasteiger partial charge in [0.25, 0.3) is 5.92 Å². The minimum Gasteiger partial charge on any atom is -0.343 e. The van der Waals surface area contributed by atoms with Crippen molar-refractivity contribution in [2.24, 2.45) is 0 Å². The van der Waals surface area contributed by atoms with Crippen molar-refractivity contribution in [3.8, 4) is 11.3 Å². The number of allylic oxidation sites excluding steroid dienone is 2. The molecule has 1 fully saturated rings. The molecule has 0 radical (unpaired) electrons. The van der Waals surface area contributed by atoms with Crippen molar-refractivity contribution in [2.75, 3.05) is 5.32 Å². The third-order valence-electron chi connectivity index (χ3n) is 6.99. The zero-order chi connectivity index (χ0) is 23.4. The van der Waals surface area contributed by atoms with E-state index in [0.717, 1.165) is 69.0 Å². The number of halogens is 2.